The summed E-state index contributed by atoms with van der Waals surface area (Å²) in [5.41, 5.74) is 0.740. The number of nitrogens with one attached hydrogen (secondary N) is 1. The first kappa shape index (κ1) is 10.7. The van der Waals surface area contributed by atoms with Crippen LogP contribution in [0.5, 0.6) is 0 Å². The van der Waals surface area contributed by atoms with Gasteiger partial charge in [-0.3, -0.25) is 0 Å². The van der Waals surface area contributed by atoms with Crippen LogP contribution in [0.1, 0.15) is 11.4 Å². The molecule has 0 aliphatic carbocycles. The molecule has 15 heavy (non-hydrogen) atoms. The quantitative estimate of drug-likeness (QED) is 0.906. The summed E-state index contributed by atoms with van der Waals surface area (Å²) in [5.74, 6) is 0.529. The van der Waals surface area contributed by atoms with E-state index in [-0.39, 0.29) is 0 Å². The van der Waals surface area contributed by atoms with E-state index in [1.54, 1.807) is 12.1 Å². The topological polar surface area (TPSA) is 54.5 Å². The fourth-order valence-electron chi connectivity index (χ4n) is 1.16. The minimum Gasteiger partial charge on any atom is -0.177 e. The van der Waals surface area contributed by atoms with Gasteiger partial charge in [-0.15, -0.1) is 10.2 Å². The third-order valence-corrected chi connectivity index (χ3v) is 2.72. The smallest absolute Gasteiger partial charge is 0.177 e. The van der Waals surface area contributed by atoms with E-state index in [2.05, 4.69) is 20.6 Å². The van der Waals surface area contributed by atoms with Crippen molar-refractivity contribution in [2.75, 3.05) is 0 Å². The third kappa shape index (κ3) is 2.40. The molecule has 0 saturated carbocycles. The van der Waals surface area contributed by atoms with Gasteiger partial charge in [-0.05, 0) is 17.7 Å². The molecule has 0 amide bonds. The summed E-state index contributed by atoms with van der Waals surface area (Å²) in [5, 5.41) is 14.9. The van der Waals surface area contributed by atoms with Crippen molar-refractivity contribution in [3.05, 3.63) is 38.6 Å². The lowest BCUT2D eigenvalue weighted by Crippen LogP contribution is -1.93. The molecular formula is C8H5Cl3N4. The molecule has 1 heterocycles. The summed E-state index contributed by atoms with van der Waals surface area (Å²) in [4.78, 5) is 0. The van der Waals surface area contributed by atoms with Crippen LogP contribution in [-0.2, 0) is 6.42 Å². The first-order chi connectivity index (χ1) is 7.16. The molecule has 0 aliphatic heterocycles. The van der Waals surface area contributed by atoms with E-state index < -0.39 is 0 Å². The maximum absolute atomic E-state index is 6.00. The highest BCUT2D eigenvalue weighted by atomic mass is 35.5. The Morgan fingerprint density at radius 3 is 2.33 bits per heavy atom. The van der Waals surface area contributed by atoms with E-state index in [4.69, 9.17) is 34.8 Å². The normalized spacial score (nSPS) is 10.6. The maximum atomic E-state index is 6.00. The van der Waals surface area contributed by atoms with Crippen LogP contribution in [0.4, 0.5) is 0 Å². The number of benzene rings is 1. The van der Waals surface area contributed by atoms with Crippen molar-refractivity contribution in [1.82, 2.24) is 20.6 Å². The van der Waals surface area contributed by atoms with E-state index in [9.17, 15) is 0 Å². The predicted octanol–water partition coefficient (Wildman–Crippen LogP) is 2.75. The standard InChI is InChI=1S/C8H5Cl3N4/c9-4-1-6(10)5(7(11)2-4)3-8-12-14-15-13-8/h1-2H,3H2,(H,12,13,14,15). The van der Waals surface area contributed by atoms with Gasteiger partial charge in [-0.25, -0.2) is 0 Å². The van der Waals surface area contributed by atoms with Crippen molar-refractivity contribution in [2.24, 2.45) is 0 Å². The van der Waals surface area contributed by atoms with E-state index in [0.29, 0.717) is 27.3 Å². The molecule has 78 valence electrons. The van der Waals surface area contributed by atoms with Crippen LogP contribution in [0, 0.1) is 0 Å². The minimum atomic E-state index is 0.422. The van der Waals surface area contributed by atoms with Gasteiger partial charge in [-0.2, -0.15) is 5.21 Å². The van der Waals surface area contributed by atoms with Crippen LogP contribution < -0.4 is 0 Å². The Morgan fingerprint density at radius 1 is 1.13 bits per heavy atom. The zero-order valence-electron chi connectivity index (χ0n) is 7.34. The monoisotopic (exact) mass is 262 g/mol. The number of hydrogen-bond donors (Lipinski definition) is 1. The van der Waals surface area contributed by atoms with Crippen molar-refractivity contribution in [1.29, 1.82) is 0 Å². The lowest BCUT2D eigenvalue weighted by Gasteiger charge is -2.04. The summed E-state index contributed by atoms with van der Waals surface area (Å²) < 4.78 is 0. The lowest BCUT2D eigenvalue weighted by atomic mass is 10.1. The Hall–Kier alpha value is -0.840. The summed E-state index contributed by atoms with van der Waals surface area (Å²) in [7, 11) is 0. The molecule has 4 nitrogen and oxygen atoms in total. The Kier molecular flexibility index (Phi) is 3.09. The average molecular weight is 264 g/mol. The molecule has 1 N–H and O–H groups in total. The zero-order valence-corrected chi connectivity index (χ0v) is 9.61. The molecule has 0 atom stereocenters. The SMILES string of the molecule is Clc1cc(Cl)c(Cc2nn[nH]n2)c(Cl)c1. The zero-order chi connectivity index (χ0) is 10.8. The number of aromatic nitrogens is 4. The largest absolute Gasteiger partial charge is 0.179 e. The second kappa shape index (κ2) is 4.35. The summed E-state index contributed by atoms with van der Waals surface area (Å²) in [6, 6.07) is 3.26. The Labute approximate surface area is 101 Å². The van der Waals surface area contributed by atoms with E-state index in [0.717, 1.165) is 5.56 Å². The molecule has 1 aromatic heterocycles. The number of rotatable bonds is 2. The number of H-pyrrole nitrogens is 1. The van der Waals surface area contributed by atoms with E-state index in [1.807, 2.05) is 0 Å². The fourth-order valence-corrected chi connectivity index (χ4v) is 2.11. The second-order valence-corrected chi connectivity index (χ2v) is 4.10. The van der Waals surface area contributed by atoms with Crippen LogP contribution >= 0.6 is 34.8 Å². The molecule has 0 unspecified atom stereocenters. The van der Waals surface area contributed by atoms with Crippen molar-refractivity contribution in [3.63, 3.8) is 0 Å². The van der Waals surface area contributed by atoms with Gasteiger partial charge in [0.2, 0.25) is 0 Å². The highest BCUT2D eigenvalue weighted by molar-refractivity contribution is 6.39. The molecule has 0 fully saturated rings. The Bertz CT molecular complexity index is 446. The number of halogens is 3. The highest BCUT2D eigenvalue weighted by Gasteiger charge is 2.10. The van der Waals surface area contributed by atoms with Gasteiger partial charge in [0.15, 0.2) is 5.82 Å². The minimum absolute atomic E-state index is 0.422. The molecule has 0 saturated heterocycles. The second-order valence-electron chi connectivity index (χ2n) is 2.85. The van der Waals surface area contributed by atoms with Gasteiger partial charge in [0.1, 0.15) is 0 Å². The van der Waals surface area contributed by atoms with Crippen LogP contribution in [0.15, 0.2) is 12.1 Å². The van der Waals surface area contributed by atoms with Gasteiger partial charge >= 0.3 is 0 Å². The molecular weight excluding hydrogens is 258 g/mol. The summed E-state index contributed by atoms with van der Waals surface area (Å²) >= 11 is 17.8. The van der Waals surface area contributed by atoms with E-state index in [1.165, 1.54) is 0 Å². The number of hydrogen-bond acceptors (Lipinski definition) is 3. The number of nitrogens with zero attached hydrogens (tertiary/aromatic N) is 3. The predicted molar refractivity (Wildman–Crippen MR) is 58.5 cm³/mol. The summed E-state index contributed by atoms with van der Waals surface area (Å²) in [6.07, 6.45) is 0.422. The molecule has 0 aliphatic rings. The van der Waals surface area contributed by atoms with Crippen LogP contribution in [0.25, 0.3) is 0 Å². The molecule has 1 aromatic carbocycles. The van der Waals surface area contributed by atoms with Crippen molar-refractivity contribution >= 4 is 34.8 Å². The molecule has 0 spiro atoms. The third-order valence-electron chi connectivity index (χ3n) is 1.83. The van der Waals surface area contributed by atoms with Crippen LogP contribution in [0.3, 0.4) is 0 Å². The molecule has 2 aromatic rings. The number of aromatic amines is 1. The van der Waals surface area contributed by atoms with Crippen LogP contribution in [-0.4, -0.2) is 20.6 Å². The summed E-state index contributed by atoms with van der Waals surface area (Å²) in [6.45, 7) is 0. The van der Waals surface area contributed by atoms with E-state index >= 15 is 0 Å². The van der Waals surface area contributed by atoms with Gasteiger partial charge in [0.25, 0.3) is 0 Å². The first-order valence-corrected chi connectivity index (χ1v) is 5.16. The average Bonchev–Trinajstić information content (AvgIpc) is 2.63. The lowest BCUT2D eigenvalue weighted by molar-refractivity contribution is 0.881. The maximum Gasteiger partial charge on any atom is 0.179 e. The van der Waals surface area contributed by atoms with Crippen molar-refractivity contribution < 1.29 is 0 Å². The fraction of sp³-hybridized carbons (Fsp3) is 0.125. The van der Waals surface area contributed by atoms with Gasteiger partial charge < -0.3 is 0 Å². The van der Waals surface area contributed by atoms with Gasteiger partial charge in [0.05, 0.1) is 0 Å². The Balaban J connectivity index is 2.36. The molecule has 0 bridgehead atoms. The molecule has 7 heteroatoms. The van der Waals surface area contributed by atoms with Gasteiger partial charge in [0, 0.05) is 21.5 Å². The first-order valence-electron chi connectivity index (χ1n) is 4.02. The van der Waals surface area contributed by atoms with Crippen molar-refractivity contribution in [2.45, 2.75) is 6.42 Å². The van der Waals surface area contributed by atoms with Crippen molar-refractivity contribution in [3.8, 4) is 0 Å². The molecule has 2 rings (SSSR count). The Morgan fingerprint density at radius 2 is 1.80 bits per heavy atom. The highest BCUT2D eigenvalue weighted by Crippen LogP contribution is 2.29. The number of tetrazole rings is 1. The molecule has 0 radical (unpaired) electrons. The van der Waals surface area contributed by atoms with Crippen LogP contribution in [0.2, 0.25) is 15.1 Å². The van der Waals surface area contributed by atoms with Gasteiger partial charge in [-0.1, -0.05) is 40.0 Å².